The highest BCUT2D eigenvalue weighted by atomic mass is 31.2. The predicted molar refractivity (Wildman–Crippen MR) is 93.0 cm³/mol. The molecule has 23 heavy (non-hydrogen) atoms. The minimum atomic E-state index is -3.84. The zero-order valence-electron chi connectivity index (χ0n) is 15.7. The molecular weight excluding hydrogens is 340 g/mol. The topological polar surface area (TPSA) is 83.1 Å². The van der Waals surface area contributed by atoms with Crippen LogP contribution in [0.5, 0.6) is 0 Å². The molecule has 0 aromatic rings. The van der Waals surface area contributed by atoms with Crippen molar-refractivity contribution in [3.05, 3.63) is 0 Å². The van der Waals surface area contributed by atoms with Gasteiger partial charge in [-0.05, 0) is 55.4 Å². The molecule has 0 aliphatic carbocycles. The molecule has 0 fully saturated rings. The number of hydrogen-bond acceptors (Lipinski definition) is 7. The first-order valence-corrected chi connectivity index (χ1v) is 11.1. The molecule has 0 aliphatic rings. The van der Waals surface area contributed by atoms with E-state index in [2.05, 4.69) is 5.32 Å². The van der Waals surface area contributed by atoms with E-state index in [1.54, 1.807) is 27.7 Å². The fourth-order valence-electron chi connectivity index (χ4n) is 2.25. The van der Waals surface area contributed by atoms with Gasteiger partial charge in [0.05, 0.1) is 26.4 Å². The highest BCUT2D eigenvalue weighted by Crippen LogP contribution is 2.76. The highest BCUT2D eigenvalue weighted by Gasteiger charge is 2.63. The van der Waals surface area contributed by atoms with Crippen molar-refractivity contribution in [2.24, 2.45) is 0 Å². The Kier molecular flexibility index (Phi) is 9.20. The fourth-order valence-corrected chi connectivity index (χ4v) is 7.61. The van der Waals surface area contributed by atoms with Crippen LogP contribution in [0.2, 0.25) is 0 Å². The van der Waals surface area contributed by atoms with Crippen molar-refractivity contribution in [2.75, 3.05) is 26.4 Å². The summed E-state index contributed by atoms with van der Waals surface area (Å²) in [6.45, 7) is 14.6. The molecule has 0 amide bonds. The van der Waals surface area contributed by atoms with Gasteiger partial charge in [0.1, 0.15) is 0 Å². The molecule has 0 rings (SSSR count). The summed E-state index contributed by atoms with van der Waals surface area (Å²) in [7, 11) is -7.69. The molecule has 0 radical (unpaired) electrons. The third-order valence-corrected chi connectivity index (χ3v) is 9.09. The Morgan fingerprint density at radius 3 is 1.13 bits per heavy atom. The Morgan fingerprint density at radius 1 is 0.696 bits per heavy atom. The molecule has 0 aliphatic heterocycles. The zero-order chi connectivity index (χ0) is 18.4. The van der Waals surface area contributed by atoms with Crippen LogP contribution in [0, 0.1) is 0 Å². The molecule has 7 nitrogen and oxygen atoms in total. The van der Waals surface area contributed by atoms with Crippen molar-refractivity contribution in [2.45, 2.75) is 65.9 Å². The highest BCUT2D eigenvalue weighted by molar-refractivity contribution is 7.74. The van der Waals surface area contributed by atoms with Crippen LogP contribution in [0.3, 0.4) is 0 Å². The standard InChI is InChI=1S/C14H33NO6P2/c1-9-18-22(16,19-10-2)14(8,15-13(5,6)7)23(17,20-11-3)21-12-4/h15H,9-12H2,1-8H3. The summed E-state index contributed by atoms with van der Waals surface area (Å²) < 4.78 is 48.8. The van der Waals surface area contributed by atoms with Crippen LogP contribution in [-0.2, 0) is 27.2 Å². The van der Waals surface area contributed by atoms with Gasteiger partial charge in [-0.3, -0.25) is 14.4 Å². The van der Waals surface area contributed by atoms with Gasteiger partial charge < -0.3 is 18.1 Å². The van der Waals surface area contributed by atoms with Crippen molar-refractivity contribution in [3.8, 4) is 0 Å². The first-order chi connectivity index (χ1) is 10.4. The number of hydrogen-bond donors (Lipinski definition) is 1. The van der Waals surface area contributed by atoms with Crippen LogP contribution in [0.25, 0.3) is 0 Å². The van der Waals surface area contributed by atoms with E-state index in [-0.39, 0.29) is 26.4 Å². The van der Waals surface area contributed by atoms with Gasteiger partial charge in [-0.15, -0.1) is 0 Å². The summed E-state index contributed by atoms with van der Waals surface area (Å²) in [6.07, 6.45) is 0. The third-order valence-electron chi connectivity index (χ3n) is 2.87. The van der Waals surface area contributed by atoms with Crippen LogP contribution in [0.4, 0.5) is 0 Å². The summed E-state index contributed by atoms with van der Waals surface area (Å²) in [6, 6.07) is 0. The molecule has 0 saturated carbocycles. The lowest BCUT2D eigenvalue weighted by molar-refractivity contribution is 0.162. The summed E-state index contributed by atoms with van der Waals surface area (Å²) >= 11 is 0. The minimum absolute atomic E-state index is 0.150. The summed E-state index contributed by atoms with van der Waals surface area (Å²) in [5, 5.41) is 1.50. The third kappa shape index (κ3) is 5.64. The van der Waals surface area contributed by atoms with E-state index < -0.39 is 25.8 Å². The van der Waals surface area contributed by atoms with Crippen molar-refractivity contribution in [3.63, 3.8) is 0 Å². The Morgan fingerprint density at radius 2 is 0.957 bits per heavy atom. The first kappa shape index (κ1) is 23.3. The lowest BCUT2D eigenvalue weighted by Crippen LogP contribution is -2.53. The Labute approximate surface area is 140 Å². The molecule has 0 bridgehead atoms. The van der Waals surface area contributed by atoms with Gasteiger partial charge in [0.2, 0.25) is 5.02 Å². The van der Waals surface area contributed by atoms with E-state index in [0.29, 0.717) is 0 Å². The maximum absolute atomic E-state index is 13.5. The van der Waals surface area contributed by atoms with E-state index in [0.717, 1.165) is 0 Å². The molecule has 1 N–H and O–H groups in total. The van der Waals surface area contributed by atoms with Gasteiger partial charge in [0, 0.05) is 5.54 Å². The van der Waals surface area contributed by atoms with E-state index in [1.165, 1.54) is 6.92 Å². The van der Waals surface area contributed by atoms with E-state index in [4.69, 9.17) is 18.1 Å². The van der Waals surface area contributed by atoms with Gasteiger partial charge in [-0.1, -0.05) is 0 Å². The van der Waals surface area contributed by atoms with Crippen molar-refractivity contribution >= 4 is 15.2 Å². The Hall–Kier alpha value is 0.260. The lowest BCUT2D eigenvalue weighted by atomic mass is 10.1. The summed E-state index contributed by atoms with van der Waals surface area (Å²) in [4.78, 5) is 0. The predicted octanol–water partition coefficient (Wildman–Crippen LogP) is 4.58. The Balaban J connectivity index is 6.27. The molecule has 0 aromatic carbocycles. The maximum Gasteiger partial charge on any atom is 0.362 e. The van der Waals surface area contributed by atoms with E-state index in [1.807, 2.05) is 20.8 Å². The molecule has 140 valence electrons. The molecule has 0 unspecified atom stereocenters. The smallest absolute Gasteiger partial charge is 0.307 e. The summed E-state index contributed by atoms with van der Waals surface area (Å²) in [5.41, 5.74) is -0.525. The quantitative estimate of drug-likeness (QED) is 0.531. The van der Waals surface area contributed by atoms with Gasteiger partial charge in [-0.2, -0.15) is 0 Å². The minimum Gasteiger partial charge on any atom is -0.307 e. The average molecular weight is 373 g/mol. The summed E-state index contributed by atoms with van der Waals surface area (Å²) in [5.74, 6) is 0. The van der Waals surface area contributed by atoms with Crippen LogP contribution in [0.15, 0.2) is 0 Å². The molecule has 9 heteroatoms. The van der Waals surface area contributed by atoms with Crippen molar-refractivity contribution in [1.29, 1.82) is 0 Å². The molecule has 0 aromatic heterocycles. The monoisotopic (exact) mass is 373 g/mol. The lowest BCUT2D eigenvalue weighted by Gasteiger charge is -2.43. The second-order valence-electron chi connectivity index (χ2n) is 6.06. The number of nitrogens with one attached hydrogen (secondary N) is 1. The van der Waals surface area contributed by atoms with Gasteiger partial charge in [0.15, 0.2) is 0 Å². The maximum atomic E-state index is 13.5. The normalized spacial score (nSPS) is 14.3. The SMILES string of the molecule is CCOP(=O)(OCC)C(C)(NC(C)(C)C)P(=O)(OCC)OCC. The molecule has 0 atom stereocenters. The average Bonchev–Trinajstić information content (AvgIpc) is 2.37. The van der Waals surface area contributed by atoms with Gasteiger partial charge in [-0.25, -0.2) is 0 Å². The second kappa shape index (κ2) is 9.10. The molecular formula is C14H33NO6P2. The van der Waals surface area contributed by atoms with Crippen molar-refractivity contribution < 1.29 is 27.2 Å². The largest absolute Gasteiger partial charge is 0.362 e. The van der Waals surface area contributed by atoms with Gasteiger partial charge in [0.25, 0.3) is 0 Å². The van der Waals surface area contributed by atoms with Gasteiger partial charge >= 0.3 is 15.2 Å². The zero-order valence-corrected chi connectivity index (χ0v) is 17.5. The molecule has 0 spiro atoms. The van der Waals surface area contributed by atoms with E-state index >= 15 is 0 Å². The van der Waals surface area contributed by atoms with Crippen LogP contribution >= 0.6 is 15.2 Å². The molecule has 0 saturated heterocycles. The van der Waals surface area contributed by atoms with Crippen LogP contribution < -0.4 is 5.32 Å². The van der Waals surface area contributed by atoms with Crippen molar-refractivity contribution in [1.82, 2.24) is 5.32 Å². The van der Waals surface area contributed by atoms with E-state index in [9.17, 15) is 9.13 Å². The fraction of sp³-hybridized carbons (Fsp3) is 1.00. The Bertz CT molecular complexity index is 399. The first-order valence-electron chi connectivity index (χ1n) is 8.03. The van der Waals surface area contributed by atoms with Crippen LogP contribution in [0.1, 0.15) is 55.4 Å². The number of rotatable bonds is 11. The van der Waals surface area contributed by atoms with Crippen LogP contribution in [-0.4, -0.2) is 37.0 Å². The second-order valence-corrected chi connectivity index (χ2v) is 11.2. The molecule has 0 heterocycles.